The Bertz CT molecular complexity index is 3580. The molecule has 0 bridgehead atoms. The van der Waals surface area contributed by atoms with Gasteiger partial charge in [0.1, 0.15) is 11.2 Å². The highest BCUT2D eigenvalue weighted by Gasteiger charge is 2.38. The average Bonchev–Trinajstić information content (AvgIpc) is 3.85. The number of furan rings is 1. The Labute approximate surface area is 360 Å². The molecule has 0 saturated heterocycles. The monoisotopic (exact) mass is 800 g/mol. The van der Waals surface area contributed by atoms with Crippen LogP contribution in [0.15, 0.2) is 174 Å². The van der Waals surface area contributed by atoms with Crippen molar-refractivity contribution in [3.8, 4) is 51.0 Å². The van der Waals surface area contributed by atoms with Gasteiger partial charge < -0.3 is 8.98 Å². The Morgan fingerprint density at radius 2 is 1.03 bits per heavy atom. The minimum absolute atomic E-state index is 0.0851. The molecule has 0 fully saturated rings. The number of rotatable bonds is 5. The molecule has 5 nitrogen and oxygen atoms in total. The molecule has 0 N–H and O–H groups in total. The van der Waals surface area contributed by atoms with E-state index in [0.29, 0.717) is 17.5 Å². The van der Waals surface area contributed by atoms with Crippen LogP contribution in [0.4, 0.5) is 0 Å². The van der Waals surface area contributed by atoms with Crippen LogP contribution in [-0.4, -0.2) is 19.5 Å². The zero-order valence-electron chi connectivity index (χ0n) is 35.3. The average molecular weight is 801 g/mol. The van der Waals surface area contributed by atoms with Crippen molar-refractivity contribution >= 4 is 54.5 Å². The Balaban J connectivity index is 1.01. The summed E-state index contributed by atoms with van der Waals surface area (Å²) in [6.07, 6.45) is 2.34. The summed E-state index contributed by atoms with van der Waals surface area (Å²) in [6, 6.07) is 60.4. The maximum absolute atomic E-state index is 6.23. The molecule has 3 heterocycles. The van der Waals surface area contributed by atoms with Crippen molar-refractivity contribution < 1.29 is 4.42 Å². The smallest absolute Gasteiger partial charge is 0.164 e. The number of benzene rings is 8. The van der Waals surface area contributed by atoms with E-state index in [4.69, 9.17) is 19.4 Å². The quantitative estimate of drug-likeness (QED) is 0.174. The third-order valence-electron chi connectivity index (χ3n) is 13.5. The molecular weight excluding hydrogens is 757 g/mol. The van der Waals surface area contributed by atoms with Crippen molar-refractivity contribution in [1.29, 1.82) is 0 Å². The second-order valence-electron chi connectivity index (χ2n) is 18.3. The van der Waals surface area contributed by atoms with Gasteiger partial charge in [0.25, 0.3) is 0 Å². The highest BCUT2D eigenvalue weighted by atomic mass is 16.3. The lowest BCUT2D eigenvalue weighted by Gasteiger charge is -2.42. The lowest BCUT2D eigenvalue weighted by atomic mass is 9.63. The molecule has 0 atom stereocenters. The first kappa shape index (κ1) is 36.5. The van der Waals surface area contributed by atoms with Gasteiger partial charge in [-0.15, -0.1) is 0 Å². The summed E-state index contributed by atoms with van der Waals surface area (Å²) in [6.45, 7) is 9.62. The van der Waals surface area contributed by atoms with Gasteiger partial charge in [-0.2, -0.15) is 0 Å². The molecule has 1 aliphatic carbocycles. The zero-order valence-corrected chi connectivity index (χ0v) is 35.3. The lowest BCUT2D eigenvalue weighted by molar-refractivity contribution is 0.332. The fraction of sp³-hybridized carbons (Fsp3) is 0.140. The molecule has 1 aliphatic rings. The molecule has 0 aliphatic heterocycles. The normalized spacial score (nSPS) is 14.6. The number of hydrogen-bond donors (Lipinski definition) is 0. The maximum atomic E-state index is 6.23. The fourth-order valence-electron chi connectivity index (χ4n) is 9.98. The minimum Gasteiger partial charge on any atom is -0.456 e. The van der Waals surface area contributed by atoms with Crippen LogP contribution < -0.4 is 0 Å². The van der Waals surface area contributed by atoms with E-state index in [1.54, 1.807) is 0 Å². The summed E-state index contributed by atoms with van der Waals surface area (Å²) in [5.41, 5.74) is 13.4. The van der Waals surface area contributed by atoms with E-state index in [-0.39, 0.29) is 10.8 Å². The molecule has 0 saturated carbocycles. The van der Waals surface area contributed by atoms with Crippen molar-refractivity contribution in [3.05, 3.63) is 181 Å². The van der Waals surface area contributed by atoms with Crippen molar-refractivity contribution in [3.63, 3.8) is 0 Å². The van der Waals surface area contributed by atoms with Crippen LogP contribution in [0.1, 0.15) is 51.7 Å². The van der Waals surface area contributed by atoms with E-state index in [1.807, 2.05) is 12.1 Å². The topological polar surface area (TPSA) is 56.7 Å². The summed E-state index contributed by atoms with van der Waals surface area (Å²) >= 11 is 0. The van der Waals surface area contributed by atoms with E-state index in [1.165, 1.54) is 39.4 Å². The zero-order chi connectivity index (χ0) is 41.7. The largest absolute Gasteiger partial charge is 0.456 e. The number of aromatic nitrogens is 4. The SMILES string of the molecule is CC1(C)CCC(C)(C)c2cc3c(cc21)c1ccccc1n3-c1cccc(-c2nc(-c3ccc(-c4ccc5c(c4)oc4ccccc45)cc3)nc(-c3cccc4ccccc34)n2)c1. The van der Waals surface area contributed by atoms with Crippen LogP contribution in [0.25, 0.3) is 105 Å². The predicted molar refractivity (Wildman–Crippen MR) is 256 cm³/mol. The molecule has 0 radical (unpaired) electrons. The van der Waals surface area contributed by atoms with Crippen LogP contribution in [0.5, 0.6) is 0 Å². The summed E-state index contributed by atoms with van der Waals surface area (Å²) in [4.78, 5) is 15.7. The molecule has 0 unspecified atom stereocenters. The van der Waals surface area contributed by atoms with Crippen LogP contribution in [0, 0.1) is 0 Å². The molecule has 8 aromatic carbocycles. The summed E-state index contributed by atoms with van der Waals surface area (Å²) < 4.78 is 8.66. The first-order chi connectivity index (χ1) is 30.2. The molecular formula is C57H44N4O. The van der Waals surface area contributed by atoms with Crippen LogP contribution in [0.3, 0.4) is 0 Å². The Morgan fingerprint density at radius 1 is 0.419 bits per heavy atom. The van der Waals surface area contributed by atoms with E-state index >= 15 is 0 Å². The maximum Gasteiger partial charge on any atom is 0.164 e. The molecule has 298 valence electrons. The van der Waals surface area contributed by atoms with Gasteiger partial charge >= 0.3 is 0 Å². The third-order valence-corrected chi connectivity index (χ3v) is 13.5. The molecule has 62 heavy (non-hydrogen) atoms. The van der Waals surface area contributed by atoms with Crippen LogP contribution in [-0.2, 0) is 10.8 Å². The first-order valence-corrected chi connectivity index (χ1v) is 21.6. The second-order valence-corrected chi connectivity index (χ2v) is 18.3. The highest BCUT2D eigenvalue weighted by molar-refractivity contribution is 6.10. The van der Waals surface area contributed by atoms with Crippen LogP contribution >= 0.6 is 0 Å². The van der Waals surface area contributed by atoms with E-state index in [0.717, 1.165) is 72.6 Å². The number of hydrogen-bond acceptors (Lipinski definition) is 4. The molecule has 11 aromatic rings. The second kappa shape index (κ2) is 13.6. The van der Waals surface area contributed by atoms with Crippen molar-refractivity contribution in [2.24, 2.45) is 0 Å². The Kier molecular flexibility index (Phi) is 7.98. The molecule has 0 spiro atoms. The molecule has 12 rings (SSSR count). The van der Waals surface area contributed by atoms with E-state index in [2.05, 4.69) is 190 Å². The Morgan fingerprint density at radius 3 is 1.85 bits per heavy atom. The minimum atomic E-state index is 0.0851. The van der Waals surface area contributed by atoms with Gasteiger partial charge in [0, 0.05) is 43.9 Å². The highest BCUT2D eigenvalue weighted by Crippen LogP contribution is 2.48. The van der Waals surface area contributed by atoms with E-state index in [9.17, 15) is 0 Å². The first-order valence-electron chi connectivity index (χ1n) is 21.6. The lowest BCUT2D eigenvalue weighted by Crippen LogP contribution is -2.33. The number of nitrogens with zero attached hydrogens (tertiary/aromatic N) is 4. The van der Waals surface area contributed by atoms with Gasteiger partial charge in [-0.05, 0) is 105 Å². The van der Waals surface area contributed by atoms with Crippen LogP contribution in [0.2, 0.25) is 0 Å². The summed E-state index contributed by atoms with van der Waals surface area (Å²) in [5.74, 6) is 1.89. The summed E-state index contributed by atoms with van der Waals surface area (Å²) in [7, 11) is 0. The molecule has 5 heteroatoms. The third kappa shape index (κ3) is 5.79. The standard InChI is InChI=1S/C57H44N4O/c1-56(2)29-30-57(3,4)48-34-50-46(33-47(48)56)42-18-7-9-21-49(42)61(50)40-16-11-15-39(31-40)54-58-53(59-55(60-54)45-20-12-14-36-13-5-6-17-41(36)45)37-25-23-35(24-26-37)38-27-28-44-43-19-8-10-22-51(43)62-52(44)32-38/h5-28,31-34H,29-30H2,1-4H3. The van der Waals surface area contributed by atoms with Gasteiger partial charge in [-0.1, -0.05) is 149 Å². The number of para-hydroxylation sites is 2. The van der Waals surface area contributed by atoms with Gasteiger partial charge in [-0.25, -0.2) is 15.0 Å². The number of fused-ring (bicyclic) bond motifs is 8. The summed E-state index contributed by atoms with van der Waals surface area (Å²) in [5, 5.41) is 7.04. The van der Waals surface area contributed by atoms with Gasteiger partial charge in [-0.3, -0.25) is 0 Å². The fourth-order valence-corrected chi connectivity index (χ4v) is 9.98. The Hall–Kier alpha value is -7.37. The predicted octanol–water partition coefficient (Wildman–Crippen LogP) is 15.0. The molecule has 3 aromatic heterocycles. The molecule has 0 amide bonds. The van der Waals surface area contributed by atoms with Gasteiger partial charge in [0.15, 0.2) is 17.5 Å². The van der Waals surface area contributed by atoms with Gasteiger partial charge in [0.2, 0.25) is 0 Å². The van der Waals surface area contributed by atoms with E-state index < -0.39 is 0 Å². The van der Waals surface area contributed by atoms with Crippen molar-refractivity contribution in [1.82, 2.24) is 19.5 Å². The van der Waals surface area contributed by atoms with Gasteiger partial charge in [0.05, 0.1) is 11.0 Å². The van der Waals surface area contributed by atoms with Crippen molar-refractivity contribution in [2.45, 2.75) is 51.4 Å². The van der Waals surface area contributed by atoms with Crippen molar-refractivity contribution in [2.75, 3.05) is 0 Å².